The largest absolute Gasteiger partial charge is 0.483 e. The molecule has 4 heterocycles. The first-order chi connectivity index (χ1) is 15.2. The summed E-state index contributed by atoms with van der Waals surface area (Å²) in [5, 5.41) is 0. The Bertz CT molecular complexity index is 1080. The molecule has 2 aromatic carbocycles. The van der Waals surface area contributed by atoms with Crippen molar-refractivity contribution in [3.8, 4) is 22.6 Å². The van der Waals surface area contributed by atoms with Crippen LogP contribution in [0.25, 0.3) is 16.8 Å². The van der Waals surface area contributed by atoms with Crippen LogP contribution in [0.4, 0.5) is 0 Å². The molecule has 0 unspecified atom stereocenters. The summed E-state index contributed by atoms with van der Waals surface area (Å²) in [5.74, 6) is 2.63. The van der Waals surface area contributed by atoms with Crippen molar-refractivity contribution in [2.75, 3.05) is 33.2 Å². The Morgan fingerprint density at radius 3 is 2.52 bits per heavy atom. The molecular weight excluding hydrogens is 384 g/mol. The molecule has 3 aromatic rings. The molecule has 0 atom stereocenters. The standard InChI is InChI=1S/C26H30N4O/c1-28-14-22(15-28)20-7-5-19(6-8-20)21-9-10-24-25(13-21)31-18-26-27-23(17-30(24)26)16-29-11-3-2-4-12-29/h5-10,13,17,22H,2-4,11-12,14-16,18H2,1H3. The molecule has 160 valence electrons. The van der Waals surface area contributed by atoms with Crippen LogP contribution in [-0.2, 0) is 13.2 Å². The molecule has 0 amide bonds. The lowest BCUT2D eigenvalue weighted by atomic mass is 9.91. The highest BCUT2D eigenvalue weighted by molar-refractivity contribution is 5.69. The maximum absolute atomic E-state index is 6.11. The van der Waals surface area contributed by atoms with Gasteiger partial charge in [0.1, 0.15) is 12.4 Å². The minimum absolute atomic E-state index is 0.532. The molecule has 0 saturated carbocycles. The van der Waals surface area contributed by atoms with Crippen molar-refractivity contribution in [1.29, 1.82) is 0 Å². The lowest BCUT2D eigenvalue weighted by Gasteiger charge is -2.36. The number of ether oxygens (including phenoxy) is 1. The quantitative estimate of drug-likeness (QED) is 0.632. The zero-order valence-corrected chi connectivity index (χ0v) is 18.3. The summed E-state index contributed by atoms with van der Waals surface area (Å²) in [6.45, 7) is 6.18. The Balaban J connectivity index is 1.22. The van der Waals surface area contributed by atoms with Crippen LogP contribution in [0.2, 0.25) is 0 Å². The zero-order valence-electron chi connectivity index (χ0n) is 18.3. The summed E-state index contributed by atoms with van der Waals surface area (Å²) in [6, 6.07) is 15.6. The highest BCUT2D eigenvalue weighted by Gasteiger charge is 2.25. The number of hydrogen-bond donors (Lipinski definition) is 0. The normalized spacial score (nSPS) is 19.4. The van der Waals surface area contributed by atoms with Crippen molar-refractivity contribution in [2.24, 2.45) is 0 Å². The second kappa shape index (κ2) is 7.81. The molecular formula is C26H30N4O. The number of piperidine rings is 1. The van der Waals surface area contributed by atoms with Gasteiger partial charge in [-0.15, -0.1) is 0 Å². The molecule has 5 heteroatoms. The first-order valence-corrected chi connectivity index (χ1v) is 11.6. The van der Waals surface area contributed by atoms with Crippen molar-refractivity contribution >= 4 is 0 Å². The maximum atomic E-state index is 6.11. The maximum Gasteiger partial charge on any atom is 0.151 e. The number of rotatable bonds is 4. The summed E-state index contributed by atoms with van der Waals surface area (Å²) in [6.07, 6.45) is 6.18. The summed E-state index contributed by atoms with van der Waals surface area (Å²) >= 11 is 0. The number of benzene rings is 2. The minimum atomic E-state index is 0.532. The number of likely N-dealkylation sites (tertiary alicyclic amines) is 2. The van der Waals surface area contributed by atoms with Crippen LogP contribution in [0.3, 0.4) is 0 Å². The second-order valence-electron chi connectivity index (χ2n) is 9.37. The Kier molecular flexibility index (Phi) is 4.81. The molecule has 3 aliphatic heterocycles. The number of likely N-dealkylation sites (N-methyl/N-ethyl adjacent to an activating group) is 1. The summed E-state index contributed by atoms with van der Waals surface area (Å²) in [5.41, 5.74) is 6.13. The van der Waals surface area contributed by atoms with E-state index in [9.17, 15) is 0 Å². The first kappa shape index (κ1) is 19.1. The molecule has 0 bridgehead atoms. The van der Waals surface area contributed by atoms with Crippen LogP contribution in [-0.4, -0.2) is 52.6 Å². The lowest BCUT2D eigenvalue weighted by Crippen LogP contribution is -2.41. The van der Waals surface area contributed by atoms with E-state index in [0.717, 1.165) is 29.5 Å². The monoisotopic (exact) mass is 414 g/mol. The SMILES string of the molecule is CN1CC(c2ccc(-c3ccc4c(c3)OCc3nc(CN5CCCCC5)cn3-4)cc2)C1. The van der Waals surface area contributed by atoms with Crippen molar-refractivity contribution < 1.29 is 4.74 Å². The van der Waals surface area contributed by atoms with Gasteiger partial charge in [-0.05, 0) is 61.8 Å². The van der Waals surface area contributed by atoms with E-state index in [-0.39, 0.29) is 0 Å². The van der Waals surface area contributed by atoms with Crippen LogP contribution in [0.1, 0.15) is 42.3 Å². The minimum Gasteiger partial charge on any atom is -0.483 e. The van der Waals surface area contributed by atoms with Crippen molar-refractivity contribution in [3.63, 3.8) is 0 Å². The smallest absolute Gasteiger partial charge is 0.151 e. The third-order valence-corrected chi connectivity index (χ3v) is 7.02. The zero-order chi connectivity index (χ0) is 20.8. The van der Waals surface area contributed by atoms with Crippen LogP contribution in [0, 0.1) is 0 Å². The molecule has 6 rings (SSSR count). The van der Waals surface area contributed by atoms with Gasteiger partial charge in [0.25, 0.3) is 0 Å². The predicted molar refractivity (Wildman–Crippen MR) is 123 cm³/mol. The van der Waals surface area contributed by atoms with Gasteiger partial charge in [0, 0.05) is 31.7 Å². The van der Waals surface area contributed by atoms with E-state index in [2.05, 4.69) is 70.1 Å². The van der Waals surface area contributed by atoms with Crippen LogP contribution in [0.15, 0.2) is 48.7 Å². The van der Waals surface area contributed by atoms with Gasteiger partial charge in [0.2, 0.25) is 0 Å². The van der Waals surface area contributed by atoms with E-state index in [1.165, 1.54) is 62.1 Å². The molecule has 0 aliphatic carbocycles. The molecule has 0 radical (unpaired) electrons. The van der Waals surface area contributed by atoms with Gasteiger partial charge in [-0.1, -0.05) is 36.8 Å². The summed E-state index contributed by atoms with van der Waals surface area (Å²) in [7, 11) is 2.18. The Morgan fingerprint density at radius 1 is 0.968 bits per heavy atom. The van der Waals surface area contributed by atoms with E-state index in [4.69, 9.17) is 9.72 Å². The second-order valence-corrected chi connectivity index (χ2v) is 9.37. The fourth-order valence-electron chi connectivity index (χ4n) is 5.21. The number of hydrogen-bond acceptors (Lipinski definition) is 4. The van der Waals surface area contributed by atoms with E-state index in [0.29, 0.717) is 12.5 Å². The third-order valence-electron chi connectivity index (χ3n) is 7.02. The molecule has 31 heavy (non-hydrogen) atoms. The highest BCUT2D eigenvalue weighted by Crippen LogP contribution is 2.35. The van der Waals surface area contributed by atoms with Crippen LogP contribution < -0.4 is 4.74 Å². The van der Waals surface area contributed by atoms with Crippen molar-refractivity contribution in [1.82, 2.24) is 19.4 Å². The van der Waals surface area contributed by atoms with E-state index >= 15 is 0 Å². The lowest BCUT2D eigenvalue weighted by molar-refractivity contribution is 0.190. The predicted octanol–water partition coefficient (Wildman–Crippen LogP) is 4.45. The van der Waals surface area contributed by atoms with E-state index in [1.807, 2.05) is 0 Å². The average Bonchev–Trinajstić information content (AvgIpc) is 3.20. The summed E-state index contributed by atoms with van der Waals surface area (Å²) < 4.78 is 8.33. The first-order valence-electron chi connectivity index (χ1n) is 11.6. The highest BCUT2D eigenvalue weighted by atomic mass is 16.5. The van der Waals surface area contributed by atoms with Gasteiger partial charge in [0.15, 0.2) is 5.82 Å². The topological polar surface area (TPSA) is 33.5 Å². The fourth-order valence-corrected chi connectivity index (χ4v) is 5.21. The molecule has 3 aliphatic rings. The Morgan fingerprint density at radius 2 is 1.74 bits per heavy atom. The van der Waals surface area contributed by atoms with Gasteiger partial charge in [-0.3, -0.25) is 9.47 Å². The molecule has 0 N–H and O–H groups in total. The molecule has 1 aromatic heterocycles. The van der Waals surface area contributed by atoms with Crippen molar-refractivity contribution in [3.05, 3.63) is 65.7 Å². The van der Waals surface area contributed by atoms with E-state index in [1.54, 1.807) is 0 Å². The Hall–Kier alpha value is -2.63. The van der Waals surface area contributed by atoms with Crippen molar-refractivity contribution in [2.45, 2.75) is 38.3 Å². The van der Waals surface area contributed by atoms with Gasteiger partial charge in [0.05, 0.1) is 11.4 Å². The van der Waals surface area contributed by atoms with Gasteiger partial charge >= 0.3 is 0 Å². The van der Waals surface area contributed by atoms with E-state index < -0.39 is 0 Å². The van der Waals surface area contributed by atoms with Crippen LogP contribution in [0.5, 0.6) is 5.75 Å². The molecule has 2 saturated heterocycles. The molecule has 5 nitrogen and oxygen atoms in total. The average molecular weight is 415 g/mol. The summed E-state index contributed by atoms with van der Waals surface area (Å²) in [4.78, 5) is 9.75. The molecule has 0 spiro atoms. The van der Waals surface area contributed by atoms with Gasteiger partial charge in [-0.25, -0.2) is 4.98 Å². The molecule has 2 fully saturated rings. The fraction of sp³-hybridized carbons (Fsp3) is 0.423. The third kappa shape index (κ3) is 3.66. The van der Waals surface area contributed by atoms with Gasteiger partial charge < -0.3 is 9.64 Å². The number of imidazole rings is 1. The number of nitrogens with zero attached hydrogens (tertiary/aromatic N) is 4. The Labute approximate surface area is 184 Å². The van der Waals surface area contributed by atoms with Gasteiger partial charge in [-0.2, -0.15) is 0 Å². The number of fused-ring (bicyclic) bond motifs is 3. The van der Waals surface area contributed by atoms with Crippen LogP contribution >= 0.6 is 0 Å². The number of aromatic nitrogens is 2.